The lowest BCUT2D eigenvalue weighted by atomic mass is 10.2. The first-order valence-corrected chi connectivity index (χ1v) is 5.18. The van der Waals surface area contributed by atoms with Gasteiger partial charge in [-0.15, -0.1) is 0 Å². The molecule has 0 aliphatic heterocycles. The summed E-state index contributed by atoms with van der Waals surface area (Å²) >= 11 is 0. The average Bonchev–Trinajstić information content (AvgIpc) is 2.25. The minimum Gasteiger partial charge on any atom is -0.337 e. The maximum absolute atomic E-state index is 11.4. The highest BCUT2D eigenvalue weighted by Crippen LogP contribution is 2.03. The van der Waals surface area contributed by atoms with Gasteiger partial charge in [0.05, 0.1) is 0 Å². The van der Waals surface area contributed by atoms with Gasteiger partial charge in [0, 0.05) is 26.6 Å². The van der Waals surface area contributed by atoms with Crippen LogP contribution in [-0.4, -0.2) is 30.9 Å². The van der Waals surface area contributed by atoms with E-state index in [1.807, 2.05) is 42.3 Å². The van der Waals surface area contributed by atoms with Crippen LogP contribution < -0.4 is 5.32 Å². The first-order valence-electron chi connectivity index (χ1n) is 5.18. The molecule has 1 N–H and O–H groups in total. The summed E-state index contributed by atoms with van der Waals surface area (Å²) in [5, 5.41) is 3.04. The fourth-order valence-corrected chi connectivity index (χ4v) is 1.40. The zero-order chi connectivity index (χ0) is 11.1. The Kier molecular flexibility index (Phi) is 4.84. The highest BCUT2D eigenvalue weighted by atomic mass is 16.2. The Balaban J connectivity index is 2.55. The maximum Gasteiger partial charge on any atom is 0.219 e. The van der Waals surface area contributed by atoms with Crippen LogP contribution in [0.2, 0.25) is 0 Å². The van der Waals surface area contributed by atoms with Crippen molar-refractivity contribution in [2.24, 2.45) is 0 Å². The van der Waals surface area contributed by atoms with Crippen molar-refractivity contribution in [3.63, 3.8) is 0 Å². The SMILES string of the molecule is CNCCN(Cc1ccccc1)C(C)=O. The first-order chi connectivity index (χ1) is 7.24. The lowest BCUT2D eigenvalue weighted by Gasteiger charge is -2.20. The molecule has 0 spiro atoms. The van der Waals surface area contributed by atoms with Gasteiger partial charge in [-0.2, -0.15) is 0 Å². The van der Waals surface area contributed by atoms with E-state index in [4.69, 9.17) is 0 Å². The lowest BCUT2D eigenvalue weighted by molar-refractivity contribution is -0.129. The summed E-state index contributed by atoms with van der Waals surface area (Å²) < 4.78 is 0. The number of nitrogens with zero attached hydrogens (tertiary/aromatic N) is 1. The van der Waals surface area contributed by atoms with E-state index in [9.17, 15) is 4.79 Å². The molecule has 3 heteroatoms. The van der Waals surface area contributed by atoms with Gasteiger partial charge < -0.3 is 10.2 Å². The minimum atomic E-state index is 0.120. The van der Waals surface area contributed by atoms with Crippen molar-refractivity contribution >= 4 is 5.91 Å². The van der Waals surface area contributed by atoms with E-state index in [2.05, 4.69) is 5.32 Å². The molecule has 15 heavy (non-hydrogen) atoms. The molecule has 3 nitrogen and oxygen atoms in total. The van der Waals surface area contributed by atoms with Crippen molar-refractivity contribution in [3.05, 3.63) is 35.9 Å². The van der Waals surface area contributed by atoms with Crippen molar-refractivity contribution < 1.29 is 4.79 Å². The van der Waals surface area contributed by atoms with Gasteiger partial charge in [-0.05, 0) is 12.6 Å². The zero-order valence-corrected chi connectivity index (χ0v) is 9.36. The number of carbonyl (C=O) groups excluding carboxylic acids is 1. The van der Waals surface area contributed by atoms with E-state index in [0.717, 1.165) is 13.1 Å². The van der Waals surface area contributed by atoms with Crippen molar-refractivity contribution in [2.75, 3.05) is 20.1 Å². The average molecular weight is 206 g/mol. The van der Waals surface area contributed by atoms with E-state index in [1.54, 1.807) is 6.92 Å². The number of likely N-dealkylation sites (N-methyl/N-ethyl adjacent to an activating group) is 1. The van der Waals surface area contributed by atoms with Crippen LogP contribution in [0, 0.1) is 0 Å². The highest BCUT2D eigenvalue weighted by Gasteiger charge is 2.07. The van der Waals surface area contributed by atoms with Crippen LogP contribution >= 0.6 is 0 Å². The molecule has 0 aromatic heterocycles. The number of hydrogen-bond donors (Lipinski definition) is 1. The van der Waals surface area contributed by atoms with E-state index in [1.165, 1.54) is 5.56 Å². The van der Waals surface area contributed by atoms with Gasteiger partial charge >= 0.3 is 0 Å². The van der Waals surface area contributed by atoms with Crippen LogP contribution in [0.1, 0.15) is 12.5 Å². The Labute approximate surface area is 91.1 Å². The fourth-order valence-electron chi connectivity index (χ4n) is 1.40. The van der Waals surface area contributed by atoms with E-state index >= 15 is 0 Å². The number of amides is 1. The second-order valence-corrected chi connectivity index (χ2v) is 3.53. The largest absolute Gasteiger partial charge is 0.337 e. The van der Waals surface area contributed by atoms with Gasteiger partial charge in [0.1, 0.15) is 0 Å². The lowest BCUT2D eigenvalue weighted by Crippen LogP contribution is -2.34. The van der Waals surface area contributed by atoms with Crippen LogP contribution in [0.3, 0.4) is 0 Å². The van der Waals surface area contributed by atoms with Crippen LogP contribution in [0.25, 0.3) is 0 Å². The molecule has 1 amide bonds. The van der Waals surface area contributed by atoms with Crippen molar-refractivity contribution in [3.8, 4) is 0 Å². The molecular weight excluding hydrogens is 188 g/mol. The van der Waals surface area contributed by atoms with E-state index in [0.29, 0.717) is 6.54 Å². The molecule has 1 rings (SSSR count). The van der Waals surface area contributed by atoms with Crippen LogP contribution in [0.15, 0.2) is 30.3 Å². The molecule has 0 aliphatic rings. The van der Waals surface area contributed by atoms with Gasteiger partial charge in [-0.25, -0.2) is 0 Å². The molecule has 0 heterocycles. The molecule has 0 radical (unpaired) electrons. The molecule has 0 fully saturated rings. The number of rotatable bonds is 5. The Morgan fingerprint density at radius 3 is 2.53 bits per heavy atom. The summed E-state index contributed by atoms with van der Waals surface area (Å²) in [4.78, 5) is 13.2. The van der Waals surface area contributed by atoms with Crippen LogP contribution in [-0.2, 0) is 11.3 Å². The first kappa shape index (κ1) is 11.7. The second-order valence-electron chi connectivity index (χ2n) is 3.53. The molecule has 0 aliphatic carbocycles. The topological polar surface area (TPSA) is 32.3 Å². The van der Waals surface area contributed by atoms with Crippen LogP contribution in [0.5, 0.6) is 0 Å². The molecule has 82 valence electrons. The zero-order valence-electron chi connectivity index (χ0n) is 9.36. The number of carbonyl (C=O) groups is 1. The fraction of sp³-hybridized carbons (Fsp3) is 0.417. The summed E-state index contributed by atoms with van der Waals surface area (Å²) in [7, 11) is 1.89. The summed E-state index contributed by atoms with van der Waals surface area (Å²) in [6.07, 6.45) is 0. The Hall–Kier alpha value is -1.35. The monoisotopic (exact) mass is 206 g/mol. The third-order valence-electron chi connectivity index (χ3n) is 2.29. The molecule has 0 unspecified atom stereocenters. The number of benzene rings is 1. The Morgan fingerprint density at radius 2 is 2.00 bits per heavy atom. The third kappa shape index (κ3) is 4.13. The van der Waals surface area contributed by atoms with Crippen molar-refractivity contribution in [1.82, 2.24) is 10.2 Å². The van der Waals surface area contributed by atoms with E-state index < -0.39 is 0 Å². The molecule has 0 bridgehead atoms. The standard InChI is InChI=1S/C12H18N2O/c1-11(15)14(9-8-13-2)10-12-6-4-3-5-7-12/h3-7,13H,8-10H2,1-2H3. The third-order valence-corrected chi connectivity index (χ3v) is 2.29. The van der Waals surface area contributed by atoms with Gasteiger partial charge in [-0.3, -0.25) is 4.79 Å². The Morgan fingerprint density at radius 1 is 1.33 bits per heavy atom. The quantitative estimate of drug-likeness (QED) is 0.786. The highest BCUT2D eigenvalue weighted by molar-refractivity contribution is 5.73. The predicted molar refractivity (Wildman–Crippen MR) is 61.5 cm³/mol. The van der Waals surface area contributed by atoms with Crippen molar-refractivity contribution in [1.29, 1.82) is 0 Å². The molecule has 1 aromatic rings. The van der Waals surface area contributed by atoms with Gasteiger partial charge in [0.25, 0.3) is 0 Å². The Bertz CT molecular complexity index is 298. The smallest absolute Gasteiger partial charge is 0.219 e. The molecule has 0 atom stereocenters. The normalized spacial score (nSPS) is 10.0. The summed E-state index contributed by atoms with van der Waals surface area (Å²) in [5.41, 5.74) is 1.17. The summed E-state index contributed by atoms with van der Waals surface area (Å²) in [6, 6.07) is 10.0. The summed E-state index contributed by atoms with van der Waals surface area (Å²) in [6.45, 7) is 3.88. The number of nitrogens with one attached hydrogen (secondary N) is 1. The second kappa shape index (κ2) is 6.19. The molecule has 1 aromatic carbocycles. The molecular formula is C12H18N2O. The molecule has 0 saturated carbocycles. The van der Waals surface area contributed by atoms with E-state index in [-0.39, 0.29) is 5.91 Å². The maximum atomic E-state index is 11.4. The predicted octanol–water partition coefficient (Wildman–Crippen LogP) is 1.25. The van der Waals surface area contributed by atoms with Crippen molar-refractivity contribution in [2.45, 2.75) is 13.5 Å². The van der Waals surface area contributed by atoms with Gasteiger partial charge in [-0.1, -0.05) is 30.3 Å². The number of hydrogen-bond acceptors (Lipinski definition) is 2. The molecule has 0 saturated heterocycles. The minimum absolute atomic E-state index is 0.120. The summed E-state index contributed by atoms with van der Waals surface area (Å²) in [5.74, 6) is 0.120. The van der Waals surface area contributed by atoms with Gasteiger partial charge in [0.15, 0.2) is 0 Å². The van der Waals surface area contributed by atoms with Crippen LogP contribution in [0.4, 0.5) is 0 Å². The van der Waals surface area contributed by atoms with Gasteiger partial charge in [0.2, 0.25) is 5.91 Å².